The molecule has 3 atom stereocenters. The van der Waals surface area contributed by atoms with Gasteiger partial charge in [-0.25, -0.2) is 0 Å². The highest BCUT2D eigenvalue weighted by Crippen LogP contribution is 2.37. The highest BCUT2D eigenvalue weighted by atomic mass is 16.2. The van der Waals surface area contributed by atoms with E-state index in [9.17, 15) is 4.79 Å². The van der Waals surface area contributed by atoms with Gasteiger partial charge in [0.05, 0.1) is 11.6 Å². The lowest BCUT2D eigenvalue weighted by Gasteiger charge is -2.39. The summed E-state index contributed by atoms with van der Waals surface area (Å²) in [5.41, 5.74) is 7.05. The predicted molar refractivity (Wildman–Crippen MR) is 82.5 cm³/mol. The number of carbonyl (C=O) groups is 1. The molecule has 4 nitrogen and oxygen atoms in total. The second-order valence-corrected chi connectivity index (χ2v) is 6.79. The van der Waals surface area contributed by atoms with Crippen molar-refractivity contribution in [2.24, 2.45) is 11.7 Å². The number of hydrogen-bond acceptors (Lipinski definition) is 3. The molecule has 2 N–H and O–H groups in total. The van der Waals surface area contributed by atoms with Gasteiger partial charge >= 0.3 is 0 Å². The van der Waals surface area contributed by atoms with Crippen LogP contribution >= 0.6 is 0 Å². The van der Waals surface area contributed by atoms with E-state index in [2.05, 4.69) is 11.9 Å². The molecule has 0 radical (unpaired) electrons. The number of pyridine rings is 1. The number of carbonyl (C=O) groups excluding carboxylic acids is 1. The largest absolute Gasteiger partial charge is 0.334 e. The number of rotatable bonds is 2. The quantitative estimate of drug-likeness (QED) is 0.909. The van der Waals surface area contributed by atoms with E-state index in [0.29, 0.717) is 5.92 Å². The first-order chi connectivity index (χ1) is 10.1. The van der Waals surface area contributed by atoms with Gasteiger partial charge in [0.25, 0.3) is 0 Å². The van der Waals surface area contributed by atoms with Gasteiger partial charge in [0.1, 0.15) is 0 Å². The lowest BCUT2D eigenvalue weighted by molar-refractivity contribution is -0.139. The van der Waals surface area contributed by atoms with Crippen LogP contribution in [-0.2, 0) is 4.79 Å². The van der Waals surface area contributed by atoms with Crippen molar-refractivity contribution in [3.63, 3.8) is 0 Å². The fraction of sp³-hybridized carbons (Fsp3) is 0.647. The van der Waals surface area contributed by atoms with Crippen LogP contribution in [0.5, 0.6) is 0 Å². The van der Waals surface area contributed by atoms with Crippen molar-refractivity contribution < 1.29 is 4.79 Å². The van der Waals surface area contributed by atoms with Crippen LogP contribution < -0.4 is 5.73 Å². The fourth-order valence-electron chi connectivity index (χ4n) is 4.01. The molecule has 21 heavy (non-hydrogen) atoms. The summed E-state index contributed by atoms with van der Waals surface area (Å²) in [4.78, 5) is 19.1. The highest BCUT2D eigenvalue weighted by molar-refractivity contribution is 5.87. The van der Waals surface area contributed by atoms with E-state index in [0.717, 1.165) is 38.6 Å². The van der Waals surface area contributed by atoms with Gasteiger partial charge in [-0.1, -0.05) is 19.8 Å². The first-order valence-electron chi connectivity index (χ1n) is 8.10. The molecule has 2 aliphatic rings. The topological polar surface area (TPSA) is 59.2 Å². The summed E-state index contributed by atoms with van der Waals surface area (Å²) in [5.74, 6) is 0.711. The minimum Gasteiger partial charge on any atom is -0.334 e. The van der Waals surface area contributed by atoms with E-state index >= 15 is 0 Å². The Hall–Kier alpha value is -1.42. The monoisotopic (exact) mass is 287 g/mol. The van der Waals surface area contributed by atoms with E-state index in [1.165, 1.54) is 12.0 Å². The van der Waals surface area contributed by atoms with Crippen molar-refractivity contribution in [1.82, 2.24) is 9.88 Å². The van der Waals surface area contributed by atoms with Gasteiger partial charge in [0, 0.05) is 18.9 Å². The predicted octanol–water partition coefficient (Wildman–Crippen LogP) is 2.65. The smallest absolute Gasteiger partial charge is 0.243 e. The van der Waals surface area contributed by atoms with Crippen LogP contribution in [0, 0.1) is 5.92 Å². The summed E-state index contributed by atoms with van der Waals surface area (Å²) in [6.07, 6.45) is 9.61. The Morgan fingerprint density at radius 1 is 1.33 bits per heavy atom. The SMILES string of the molecule is CC1CCCC(N)(C(=O)N2CCCC2c2ccncc2)C1. The van der Waals surface area contributed by atoms with Crippen LogP contribution in [0.4, 0.5) is 0 Å². The molecule has 1 saturated carbocycles. The molecule has 114 valence electrons. The number of hydrogen-bond donors (Lipinski definition) is 1. The lowest BCUT2D eigenvalue weighted by Crippen LogP contribution is -2.57. The third-order valence-electron chi connectivity index (χ3n) is 5.06. The standard InChI is InChI=1S/C17H25N3O/c1-13-4-2-8-17(18,12-13)16(21)20-11-3-5-15(20)14-6-9-19-10-7-14/h6-7,9-10,13,15H,2-5,8,11-12,18H2,1H3. The molecule has 2 heterocycles. The average molecular weight is 287 g/mol. The number of amides is 1. The maximum absolute atomic E-state index is 13.0. The lowest BCUT2D eigenvalue weighted by atomic mass is 9.76. The zero-order chi connectivity index (χ0) is 14.9. The molecule has 0 spiro atoms. The summed E-state index contributed by atoms with van der Waals surface area (Å²) in [7, 11) is 0. The zero-order valence-corrected chi connectivity index (χ0v) is 12.8. The van der Waals surface area contributed by atoms with Crippen LogP contribution in [-0.4, -0.2) is 27.9 Å². The van der Waals surface area contributed by atoms with Crippen molar-refractivity contribution in [3.8, 4) is 0 Å². The average Bonchev–Trinajstić information content (AvgIpc) is 2.96. The maximum Gasteiger partial charge on any atom is 0.243 e. The molecule has 4 heteroatoms. The molecule has 1 amide bonds. The van der Waals surface area contributed by atoms with Crippen molar-refractivity contribution in [2.45, 2.75) is 57.0 Å². The Kier molecular flexibility index (Phi) is 3.98. The Morgan fingerprint density at radius 2 is 2.10 bits per heavy atom. The van der Waals surface area contributed by atoms with Gasteiger partial charge in [0.15, 0.2) is 0 Å². The number of nitrogens with zero attached hydrogens (tertiary/aromatic N) is 2. The van der Waals surface area contributed by atoms with Gasteiger partial charge in [0.2, 0.25) is 5.91 Å². The van der Waals surface area contributed by atoms with Crippen molar-refractivity contribution >= 4 is 5.91 Å². The molecule has 1 aromatic heterocycles. The summed E-state index contributed by atoms with van der Waals surface area (Å²) in [6.45, 7) is 3.04. The second kappa shape index (κ2) is 5.76. The van der Waals surface area contributed by atoms with Gasteiger partial charge in [-0.15, -0.1) is 0 Å². The molecule has 2 fully saturated rings. The van der Waals surface area contributed by atoms with Crippen LogP contribution in [0.25, 0.3) is 0 Å². The highest BCUT2D eigenvalue weighted by Gasteiger charge is 2.43. The minimum atomic E-state index is -0.646. The first-order valence-corrected chi connectivity index (χ1v) is 8.10. The molecule has 1 saturated heterocycles. The molecule has 3 unspecified atom stereocenters. The molecular formula is C17H25N3O. The molecule has 1 aliphatic carbocycles. The van der Waals surface area contributed by atoms with E-state index < -0.39 is 5.54 Å². The summed E-state index contributed by atoms with van der Waals surface area (Å²) in [5, 5.41) is 0. The van der Waals surface area contributed by atoms with Crippen molar-refractivity contribution in [1.29, 1.82) is 0 Å². The van der Waals surface area contributed by atoms with E-state index in [-0.39, 0.29) is 11.9 Å². The first kappa shape index (κ1) is 14.5. The van der Waals surface area contributed by atoms with E-state index in [1.807, 2.05) is 17.0 Å². The number of nitrogens with two attached hydrogens (primary N) is 1. The fourth-order valence-corrected chi connectivity index (χ4v) is 4.01. The number of aromatic nitrogens is 1. The summed E-state index contributed by atoms with van der Waals surface area (Å²) in [6, 6.07) is 4.21. The van der Waals surface area contributed by atoms with Gasteiger partial charge in [-0.3, -0.25) is 9.78 Å². The minimum absolute atomic E-state index is 0.161. The zero-order valence-electron chi connectivity index (χ0n) is 12.8. The molecule has 1 aliphatic heterocycles. The Balaban J connectivity index is 1.80. The van der Waals surface area contributed by atoms with E-state index in [4.69, 9.17) is 5.73 Å². The van der Waals surface area contributed by atoms with Crippen molar-refractivity contribution in [3.05, 3.63) is 30.1 Å². The summed E-state index contributed by atoms with van der Waals surface area (Å²) >= 11 is 0. The Morgan fingerprint density at radius 3 is 2.81 bits per heavy atom. The van der Waals surface area contributed by atoms with Crippen LogP contribution in [0.15, 0.2) is 24.5 Å². The molecular weight excluding hydrogens is 262 g/mol. The Bertz CT molecular complexity index is 504. The maximum atomic E-state index is 13.0. The molecule has 0 aromatic carbocycles. The van der Waals surface area contributed by atoms with E-state index in [1.54, 1.807) is 12.4 Å². The molecule has 0 bridgehead atoms. The van der Waals surface area contributed by atoms with Crippen LogP contribution in [0.2, 0.25) is 0 Å². The summed E-state index contributed by atoms with van der Waals surface area (Å²) < 4.78 is 0. The molecule has 3 rings (SSSR count). The third kappa shape index (κ3) is 2.82. The second-order valence-electron chi connectivity index (χ2n) is 6.79. The number of likely N-dealkylation sites (tertiary alicyclic amines) is 1. The van der Waals surface area contributed by atoms with Gasteiger partial charge < -0.3 is 10.6 Å². The normalized spacial score (nSPS) is 33.1. The van der Waals surface area contributed by atoms with Crippen molar-refractivity contribution in [2.75, 3.05) is 6.54 Å². The van der Waals surface area contributed by atoms with Crippen LogP contribution in [0.1, 0.15) is 57.1 Å². The van der Waals surface area contributed by atoms with Gasteiger partial charge in [-0.2, -0.15) is 0 Å². The van der Waals surface area contributed by atoms with Gasteiger partial charge in [-0.05, 0) is 49.3 Å². The van der Waals surface area contributed by atoms with Crippen LogP contribution in [0.3, 0.4) is 0 Å². The molecule has 1 aromatic rings. The third-order valence-corrected chi connectivity index (χ3v) is 5.06. The Labute approximate surface area is 126 Å².